The van der Waals surface area contributed by atoms with Gasteiger partial charge in [0.05, 0.1) is 0 Å². The van der Waals surface area contributed by atoms with Gasteiger partial charge in [-0.05, 0) is 27.7 Å². The molecule has 0 fully saturated rings. The number of carbonyl (C=O) groups is 2. The molecule has 0 aliphatic rings. The van der Waals surface area contributed by atoms with Gasteiger partial charge in [0.2, 0.25) is 0 Å². The molecule has 0 radical (unpaired) electrons. The molecule has 0 heterocycles. The lowest BCUT2D eigenvalue weighted by Crippen LogP contribution is -2.40. The highest BCUT2D eigenvalue weighted by atomic mass is 16.6. The van der Waals surface area contributed by atoms with Crippen LogP contribution < -0.4 is 0 Å². The average Bonchev–Trinajstić information content (AvgIpc) is 1.97. The molecular weight excluding hydrogens is 210 g/mol. The molecule has 1 N–H and O–H groups in total. The Morgan fingerprint density at radius 1 is 1.31 bits per heavy atom. The van der Waals surface area contributed by atoms with Crippen molar-refractivity contribution in [1.29, 1.82) is 0 Å². The lowest BCUT2D eigenvalue weighted by Gasteiger charge is -2.26. The van der Waals surface area contributed by atoms with Crippen LogP contribution in [0.2, 0.25) is 0 Å². The quantitative estimate of drug-likeness (QED) is 0.747. The van der Waals surface area contributed by atoms with Gasteiger partial charge in [0.25, 0.3) is 0 Å². The number of nitrogens with zero attached hydrogens (tertiary/aromatic N) is 1. The van der Waals surface area contributed by atoms with E-state index in [1.165, 1.54) is 0 Å². The Labute approximate surface area is 95.7 Å². The number of carboxylic acids is 1. The topological polar surface area (TPSA) is 66.8 Å². The molecule has 5 heteroatoms. The average molecular weight is 229 g/mol. The van der Waals surface area contributed by atoms with Gasteiger partial charge in [0.1, 0.15) is 12.1 Å². The molecule has 0 unspecified atom stereocenters. The largest absolute Gasteiger partial charge is 0.480 e. The second-order valence-electron chi connectivity index (χ2n) is 4.69. The van der Waals surface area contributed by atoms with Crippen molar-refractivity contribution in [2.45, 2.75) is 33.3 Å². The van der Waals surface area contributed by atoms with E-state index in [4.69, 9.17) is 9.84 Å². The second-order valence-corrected chi connectivity index (χ2v) is 4.69. The molecule has 5 nitrogen and oxygen atoms in total. The van der Waals surface area contributed by atoms with Crippen molar-refractivity contribution < 1.29 is 19.4 Å². The summed E-state index contributed by atoms with van der Waals surface area (Å²) < 4.78 is 5.08. The molecule has 0 aliphatic carbocycles. The Morgan fingerprint density at radius 3 is 2.12 bits per heavy atom. The molecule has 0 bridgehead atoms. The molecule has 16 heavy (non-hydrogen) atoms. The second kappa shape index (κ2) is 5.53. The smallest absolute Gasteiger partial charge is 0.411 e. The van der Waals surface area contributed by atoms with E-state index in [9.17, 15) is 9.59 Å². The van der Waals surface area contributed by atoms with Crippen molar-refractivity contribution in [1.82, 2.24) is 4.90 Å². The van der Waals surface area contributed by atoms with Crippen molar-refractivity contribution >= 4 is 12.1 Å². The van der Waals surface area contributed by atoms with Crippen molar-refractivity contribution in [2.75, 3.05) is 13.1 Å². The van der Waals surface area contributed by atoms with Crippen molar-refractivity contribution in [3.63, 3.8) is 0 Å². The van der Waals surface area contributed by atoms with Gasteiger partial charge >= 0.3 is 12.1 Å². The predicted molar refractivity (Wildman–Crippen MR) is 60.3 cm³/mol. The van der Waals surface area contributed by atoms with Crippen LogP contribution in [0.15, 0.2) is 12.2 Å². The van der Waals surface area contributed by atoms with E-state index in [1.54, 1.807) is 27.7 Å². The number of amides is 1. The van der Waals surface area contributed by atoms with E-state index in [-0.39, 0.29) is 13.1 Å². The standard InChI is InChI=1S/C11H19NO4/c1-8(2)6-12(7-9(13)14)10(15)16-11(3,4)5/h1,6-7H2,2-5H3,(H,13,14). The minimum Gasteiger partial charge on any atom is -0.480 e. The molecule has 0 saturated carbocycles. The Kier molecular flexibility index (Phi) is 5.01. The van der Waals surface area contributed by atoms with E-state index in [0.717, 1.165) is 4.90 Å². The zero-order valence-electron chi connectivity index (χ0n) is 10.2. The highest BCUT2D eigenvalue weighted by Gasteiger charge is 2.23. The van der Waals surface area contributed by atoms with Crippen LogP contribution in [-0.4, -0.2) is 40.8 Å². The van der Waals surface area contributed by atoms with Crippen molar-refractivity contribution in [2.24, 2.45) is 0 Å². The molecule has 0 aliphatic heterocycles. The molecule has 0 spiro atoms. The van der Waals surface area contributed by atoms with Crippen LogP contribution in [0, 0.1) is 0 Å². The van der Waals surface area contributed by atoms with Crippen LogP contribution in [0.3, 0.4) is 0 Å². The summed E-state index contributed by atoms with van der Waals surface area (Å²) in [6, 6.07) is 0. The summed E-state index contributed by atoms with van der Waals surface area (Å²) in [6.45, 7) is 10.3. The van der Waals surface area contributed by atoms with Crippen molar-refractivity contribution in [3.05, 3.63) is 12.2 Å². The van der Waals surface area contributed by atoms with Crippen LogP contribution >= 0.6 is 0 Å². The van der Waals surface area contributed by atoms with Gasteiger partial charge < -0.3 is 9.84 Å². The predicted octanol–water partition coefficient (Wildman–Crippen LogP) is 1.88. The van der Waals surface area contributed by atoms with Gasteiger partial charge in [-0.2, -0.15) is 0 Å². The Balaban J connectivity index is 4.56. The fourth-order valence-corrected chi connectivity index (χ4v) is 1.00. The van der Waals surface area contributed by atoms with Gasteiger partial charge in [0, 0.05) is 6.54 Å². The maximum atomic E-state index is 11.6. The number of aliphatic carboxylic acids is 1. The first kappa shape index (κ1) is 14.5. The summed E-state index contributed by atoms with van der Waals surface area (Å²) in [5.74, 6) is -1.08. The highest BCUT2D eigenvalue weighted by molar-refractivity contribution is 5.77. The zero-order valence-corrected chi connectivity index (χ0v) is 10.2. The molecule has 0 saturated heterocycles. The highest BCUT2D eigenvalue weighted by Crippen LogP contribution is 2.10. The molecular formula is C11H19NO4. The SMILES string of the molecule is C=C(C)CN(CC(=O)O)C(=O)OC(C)(C)C. The van der Waals surface area contributed by atoms with Crippen LogP contribution in [0.25, 0.3) is 0 Å². The zero-order chi connectivity index (χ0) is 12.9. The maximum absolute atomic E-state index is 11.6. The van der Waals surface area contributed by atoms with Gasteiger partial charge in [-0.1, -0.05) is 12.2 Å². The summed E-state index contributed by atoms with van der Waals surface area (Å²) in [7, 11) is 0. The molecule has 0 rings (SSSR count). The molecule has 0 aromatic heterocycles. The maximum Gasteiger partial charge on any atom is 0.411 e. The van der Waals surface area contributed by atoms with Crippen molar-refractivity contribution in [3.8, 4) is 0 Å². The third kappa shape index (κ3) is 6.86. The normalized spacial score (nSPS) is 10.8. The summed E-state index contributed by atoms with van der Waals surface area (Å²) in [4.78, 5) is 23.3. The number of hydrogen-bond donors (Lipinski definition) is 1. The summed E-state index contributed by atoms with van der Waals surface area (Å²) in [6.07, 6.45) is -0.641. The van der Waals surface area contributed by atoms with Crippen LogP contribution in [0.5, 0.6) is 0 Å². The number of carbonyl (C=O) groups excluding carboxylic acids is 1. The molecule has 0 aromatic carbocycles. The minimum atomic E-state index is -1.08. The van der Waals surface area contributed by atoms with E-state index in [0.29, 0.717) is 5.57 Å². The fraction of sp³-hybridized carbons (Fsp3) is 0.636. The lowest BCUT2D eigenvalue weighted by molar-refractivity contribution is -0.138. The van der Waals surface area contributed by atoms with Gasteiger partial charge in [-0.15, -0.1) is 0 Å². The first-order valence-electron chi connectivity index (χ1n) is 4.96. The van der Waals surface area contributed by atoms with Gasteiger partial charge in [-0.3, -0.25) is 9.69 Å². The van der Waals surface area contributed by atoms with Crippen LogP contribution in [0.1, 0.15) is 27.7 Å². The van der Waals surface area contributed by atoms with Gasteiger partial charge in [0.15, 0.2) is 0 Å². The van der Waals surface area contributed by atoms with E-state index in [1.807, 2.05) is 0 Å². The number of carboxylic acid groups (broad SMARTS) is 1. The first-order valence-corrected chi connectivity index (χ1v) is 4.96. The minimum absolute atomic E-state index is 0.182. The van der Waals surface area contributed by atoms with Gasteiger partial charge in [-0.25, -0.2) is 4.79 Å². The van der Waals surface area contributed by atoms with Crippen LogP contribution in [0.4, 0.5) is 4.79 Å². The van der Waals surface area contributed by atoms with Crippen LogP contribution in [-0.2, 0) is 9.53 Å². The number of ether oxygens (including phenoxy) is 1. The number of rotatable bonds is 4. The van der Waals surface area contributed by atoms with E-state index < -0.39 is 17.7 Å². The first-order chi connectivity index (χ1) is 7.11. The molecule has 92 valence electrons. The third-order valence-corrected chi connectivity index (χ3v) is 1.44. The summed E-state index contributed by atoms with van der Waals surface area (Å²) in [5.41, 5.74) is 0.0650. The number of hydrogen-bond acceptors (Lipinski definition) is 3. The third-order valence-electron chi connectivity index (χ3n) is 1.44. The summed E-state index contributed by atoms with van der Waals surface area (Å²) in [5, 5.41) is 8.66. The monoisotopic (exact) mass is 229 g/mol. The molecule has 0 atom stereocenters. The van der Waals surface area contributed by atoms with E-state index in [2.05, 4.69) is 6.58 Å². The Hall–Kier alpha value is -1.52. The molecule has 1 amide bonds. The fourth-order valence-electron chi connectivity index (χ4n) is 1.00. The molecule has 0 aromatic rings. The lowest BCUT2D eigenvalue weighted by atomic mass is 10.2. The Morgan fingerprint density at radius 2 is 1.81 bits per heavy atom. The summed E-state index contributed by atoms with van der Waals surface area (Å²) >= 11 is 0. The van der Waals surface area contributed by atoms with E-state index >= 15 is 0 Å². The Bertz CT molecular complexity index is 275.